The minimum atomic E-state index is -1.04. The van der Waals surface area contributed by atoms with Gasteiger partial charge in [0.2, 0.25) is 0 Å². The largest absolute Gasteiger partial charge is 0.478 e. The fourth-order valence-corrected chi connectivity index (χ4v) is 2.04. The summed E-state index contributed by atoms with van der Waals surface area (Å²) < 4.78 is 18.8. The fourth-order valence-electron chi connectivity index (χ4n) is 2.04. The number of hydrogen-bond donors (Lipinski definition) is 2. The first kappa shape index (κ1) is 13.1. The Hall–Kier alpha value is -2.89. The summed E-state index contributed by atoms with van der Waals surface area (Å²) in [4.78, 5) is 15.1. The molecule has 5 nitrogen and oxygen atoms in total. The van der Waals surface area contributed by atoms with Crippen molar-refractivity contribution in [1.29, 1.82) is 0 Å². The summed E-state index contributed by atoms with van der Waals surface area (Å²) in [6.07, 6.45) is 0. The summed E-state index contributed by atoms with van der Waals surface area (Å²) >= 11 is 0. The van der Waals surface area contributed by atoms with Crippen LogP contribution in [0.5, 0.6) is 0 Å². The Morgan fingerprint density at radius 2 is 2.10 bits per heavy atom. The summed E-state index contributed by atoms with van der Waals surface area (Å²) in [5, 5.41) is 11.8. The van der Waals surface area contributed by atoms with Crippen molar-refractivity contribution in [1.82, 2.24) is 4.98 Å². The third kappa shape index (κ3) is 2.69. The van der Waals surface area contributed by atoms with E-state index in [1.54, 1.807) is 19.1 Å². The van der Waals surface area contributed by atoms with Crippen molar-refractivity contribution in [2.45, 2.75) is 6.92 Å². The lowest BCUT2D eigenvalue weighted by atomic mass is 10.2. The Kier molecular flexibility index (Phi) is 3.06. The monoisotopic (exact) mass is 286 g/mol. The van der Waals surface area contributed by atoms with Crippen LogP contribution in [-0.4, -0.2) is 16.1 Å². The number of anilines is 2. The molecule has 21 heavy (non-hydrogen) atoms. The van der Waals surface area contributed by atoms with Crippen molar-refractivity contribution >= 4 is 28.8 Å². The van der Waals surface area contributed by atoms with E-state index in [1.165, 1.54) is 24.3 Å². The average Bonchev–Trinajstić information content (AvgIpc) is 2.78. The number of nitrogens with zero attached hydrogens (tertiary/aromatic N) is 1. The van der Waals surface area contributed by atoms with Crippen LogP contribution in [0.4, 0.5) is 16.1 Å². The molecule has 0 spiro atoms. The normalized spacial score (nSPS) is 10.8. The molecule has 0 bridgehead atoms. The van der Waals surface area contributed by atoms with Crippen LogP contribution in [0.25, 0.3) is 11.1 Å². The van der Waals surface area contributed by atoms with E-state index in [0.29, 0.717) is 16.8 Å². The summed E-state index contributed by atoms with van der Waals surface area (Å²) in [5.74, 6) is -1.40. The van der Waals surface area contributed by atoms with Gasteiger partial charge in [-0.1, -0.05) is 0 Å². The molecule has 1 aromatic heterocycles. The Bertz CT molecular complexity index is 822. The van der Waals surface area contributed by atoms with Gasteiger partial charge in [-0.25, -0.2) is 9.18 Å². The third-order valence-electron chi connectivity index (χ3n) is 2.93. The third-order valence-corrected chi connectivity index (χ3v) is 2.93. The van der Waals surface area contributed by atoms with Gasteiger partial charge < -0.3 is 14.8 Å². The maximum atomic E-state index is 13.3. The van der Waals surface area contributed by atoms with E-state index in [-0.39, 0.29) is 17.4 Å². The molecule has 1 heterocycles. The number of benzene rings is 2. The second kappa shape index (κ2) is 4.90. The number of nitrogens with one attached hydrogen (secondary N) is 1. The molecule has 3 rings (SSSR count). The predicted molar refractivity (Wildman–Crippen MR) is 75.4 cm³/mol. The van der Waals surface area contributed by atoms with Gasteiger partial charge in [-0.3, -0.25) is 0 Å². The highest BCUT2D eigenvalue weighted by Gasteiger charge is 2.10. The van der Waals surface area contributed by atoms with Crippen LogP contribution in [0.2, 0.25) is 0 Å². The van der Waals surface area contributed by atoms with Crippen molar-refractivity contribution in [3.8, 4) is 0 Å². The van der Waals surface area contributed by atoms with Crippen molar-refractivity contribution in [3.63, 3.8) is 0 Å². The van der Waals surface area contributed by atoms with Gasteiger partial charge in [0, 0.05) is 5.69 Å². The molecule has 0 aliphatic heterocycles. The van der Waals surface area contributed by atoms with Gasteiger partial charge in [0.05, 0.1) is 5.56 Å². The number of aromatic nitrogens is 1. The number of carboxylic acids is 1. The quantitative estimate of drug-likeness (QED) is 0.767. The summed E-state index contributed by atoms with van der Waals surface area (Å²) in [6.45, 7) is 1.78. The Balaban J connectivity index is 1.95. The van der Waals surface area contributed by atoms with Crippen molar-refractivity contribution in [2.24, 2.45) is 0 Å². The fraction of sp³-hybridized carbons (Fsp3) is 0.0667. The van der Waals surface area contributed by atoms with E-state index in [4.69, 9.17) is 9.52 Å². The Morgan fingerprint density at radius 1 is 1.29 bits per heavy atom. The predicted octanol–water partition coefficient (Wildman–Crippen LogP) is 3.72. The molecule has 0 aliphatic rings. The molecular formula is C15H11FN2O3. The maximum Gasteiger partial charge on any atom is 0.335 e. The Morgan fingerprint density at radius 3 is 2.81 bits per heavy atom. The lowest BCUT2D eigenvalue weighted by molar-refractivity contribution is 0.0697. The highest BCUT2D eigenvalue weighted by atomic mass is 19.1. The van der Waals surface area contributed by atoms with Gasteiger partial charge in [0.15, 0.2) is 5.58 Å². The van der Waals surface area contributed by atoms with E-state index in [1.807, 2.05) is 0 Å². The zero-order chi connectivity index (χ0) is 15.0. The number of carboxylic acid groups (broad SMARTS) is 1. The maximum absolute atomic E-state index is 13.3. The molecule has 0 atom stereocenters. The van der Waals surface area contributed by atoms with E-state index in [0.717, 1.165) is 5.56 Å². The number of fused-ring (bicyclic) bond motifs is 1. The van der Waals surface area contributed by atoms with Crippen molar-refractivity contribution < 1.29 is 18.7 Å². The van der Waals surface area contributed by atoms with Gasteiger partial charge in [0.25, 0.3) is 6.01 Å². The number of hydrogen-bond acceptors (Lipinski definition) is 4. The van der Waals surface area contributed by atoms with Crippen LogP contribution in [0.3, 0.4) is 0 Å². The lowest BCUT2D eigenvalue weighted by Gasteiger charge is -2.02. The summed E-state index contributed by atoms with van der Waals surface area (Å²) in [7, 11) is 0. The van der Waals surface area contributed by atoms with Crippen molar-refractivity contribution in [3.05, 3.63) is 53.3 Å². The molecule has 0 aliphatic carbocycles. The zero-order valence-corrected chi connectivity index (χ0v) is 11.1. The highest BCUT2D eigenvalue weighted by molar-refractivity contribution is 5.92. The van der Waals surface area contributed by atoms with Crippen LogP contribution in [0.15, 0.2) is 40.8 Å². The topological polar surface area (TPSA) is 75.4 Å². The van der Waals surface area contributed by atoms with E-state index < -0.39 is 5.97 Å². The highest BCUT2D eigenvalue weighted by Crippen LogP contribution is 2.24. The summed E-state index contributed by atoms with van der Waals surface area (Å²) in [6, 6.07) is 9.07. The number of oxazole rings is 1. The minimum Gasteiger partial charge on any atom is -0.478 e. The second-order valence-electron chi connectivity index (χ2n) is 4.65. The molecule has 2 aromatic carbocycles. The van der Waals surface area contributed by atoms with Gasteiger partial charge in [-0.15, -0.1) is 0 Å². The number of halogens is 1. The van der Waals surface area contributed by atoms with Crippen molar-refractivity contribution in [2.75, 3.05) is 5.32 Å². The van der Waals surface area contributed by atoms with E-state index >= 15 is 0 Å². The van der Waals surface area contributed by atoms with Gasteiger partial charge in [0.1, 0.15) is 11.3 Å². The van der Waals surface area contributed by atoms with Gasteiger partial charge in [-0.05, 0) is 48.9 Å². The first-order chi connectivity index (χ1) is 10.0. The number of aromatic carboxylic acids is 1. The molecule has 3 aromatic rings. The van der Waals surface area contributed by atoms with E-state index in [9.17, 15) is 9.18 Å². The molecule has 0 unspecified atom stereocenters. The molecule has 0 saturated heterocycles. The second-order valence-corrected chi connectivity index (χ2v) is 4.65. The molecule has 106 valence electrons. The van der Waals surface area contributed by atoms with Crippen LogP contribution >= 0.6 is 0 Å². The summed E-state index contributed by atoms with van der Waals surface area (Å²) in [5.41, 5.74) is 2.27. The standard InChI is InChI=1S/C15H11FN2O3/c1-8-4-10(16)7-11(5-8)17-15-18-12-3-2-9(14(19)20)6-13(12)21-15/h2-7H,1H3,(H,17,18)(H,19,20). The molecule has 0 saturated carbocycles. The molecule has 2 N–H and O–H groups in total. The first-order valence-electron chi connectivity index (χ1n) is 6.19. The Labute approximate surface area is 119 Å². The van der Waals surface area contributed by atoms with Crippen LogP contribution in [-0.2, 0) is 0 Å². The zero-order valence-electron chi connectivity index (χ0n) is 11.1. The smallest absolute Gasteiger partial charge is 0.335 e. The molecule has 0 amide bonds. The van der Waals surface area contributed by atoms with Crippen LogP contribution in [0.1, 0.15) is 15.9 Å². The number of carbonyl (C=O) groups is 1. The van der Waals surface area contributed by atoms with Gasteiger partial charge >= 0.3 is 5.97 Å². The average molecular weight is 286 g/mol. The van der Waals surface area contributed by atoms with Crippen LogP contribution < -0.4 is 5.32 Å². The van der Waals surface area contributed by atoms with Gasteiger partial charge in [-0.2, -0.15) is 4.98 Å². The SMILES string of the molecule is Cc1cc(F)cc(Nc2nc3ccc(C(=O)O)cc3o2)c1. The molecule has 6 heteroatoms. The van der Waals surface area contributed by atoms with E-state index in [2.05, 4.69) is 10.3 Å². The number of aryl methyl sites for hydroxylation is 1. The molecule has 0 fully saturated rings. The van der Waals surface area contributed by atoms with Crippen LogP contribution in [0, 0.1) is 12.7 Å². The molecule has 0 radical (unpaired) electrons. The lowest BCUT2D eigenvalue weighted by Crippen LogP contribution is -1.94. The minimum absolute atomic E-state index is 0.117. The molecular weight excluding hydrogens is 275 g/mol. The first-order valence-corrected chi connectivity index (χ1v) is 6.19. The number of rotatable bonds is 3.